The number of nitrogens with one attached hydrogen (secondary N) is 1. The van der Waals surface area contributed by atoms with Gasteiger partial charge in [0.05, 0.1) is 6.04 Å². The second-order valence-corrected chi connectivity index (χ2v) is 6.96. The third-order valence-electron chi connectivity index (χ3n) is 3.81. The van der Waals surface area contributed by atoms with Gasteiger partial charge in [0.2, 0.25) is 11.8 Å². The molecule has 0 unspecified atom stereocenters. The molecule has 1 rings (SSSR count). The number of hydrogen-bond acceptors (Lipinski definition) is 7. The van der Waals surface area contributed by atoms with Gasteiger partial charge in [0.15, 0.2) is 12.2 Å². The molecule has 0 aromatic heterocycles. The first-order valence-electron chi connectivity index (χ1n) is 9.07. The molecular formula is C19H29N3O8. The Balaban J connectivity index is 0.000000710. The lowest BCUT2D eigenvalue weighted by atomic mass is 10.0. The summed E-state index contributed by atoms with van der Waals surface area (Å²) in [5.74, 6) is -4.15. The molecule has 168 valence electrons. The number of rotatable bonds is 10. The Kier molecular flexibility index (Phi) is 11.9. The van der Waals surface area contributed by atoms with E-state index in [2.05, 4.69) is 5.32 Å². The number of aliphatic hydroxyl groups excluding tert-OH is 2. The van der Waals surface area contributed by atoms with Crippen LogP contribution in [0.25, 0.3) is 0 Å². The zero-order valence-electron chi connectivity index (χ0n) is 16.8. The van der Waals surface area contributed by atoms with Crippen molar-refractivity contribution in [3.8, 4) is 0 Å². The van der Waals surface area contributed by atoms with Gasteiger partial charge in [-0.2, -0.15) is 0 Å². The lowest BCUT2D eigenvalue weighted by Gasteiger charge is -2.20. The molecule has 11 heteroatoms. The largest absolute Gasteiger partial charge is 0.479 e. The molecule has 0 spiro atoms. The quantitative estimate of drug-likeness (QED) is 0.230. The van der Waals surface area contributed by atoms with Crippen LogP contribution >= 0.6 is 0 Å². The van der Waals surface area contributed by atoms with Crippen LogP contribution in [0.2, 0.25) is 0 Å². The normalized spacial score (nSPS) is 14.5. The number of carboxylic acids is 2. The van der Waals surface area contributed by atoms with E-state index in [1.807, 2.05) is 44.2 Å². The molecule has 2 amide bonds. The summed E-state index contributed by atoms with van der Waals surface area (Å²) < 4.78 is 0. The number of carbonyl (C=O) groups excluding carboxylic acids is 2. The fourth-order valence-corrected chi connectivity index (χ4v) is 2.23. The maximum Gasteiger partial charge on any atom is 0.335 e. The lowest BCUT2D eigenvalue weighted by Crippen LogP contribution is -2.51. The third kappa shape index (κ3) is 10.5. The molecule has 0 radical (unpaired) electrons. The zero-order chi connectivity index (χ0) is 23.4. The topological polar surface area (TPSA) is 213 Å². The summed E-state index contributed by atoms with van der Waals surface area (Å²) in [6.07, 6.45) is -3.59. The molecule has 1 aromatic rings. The van der Waals surface area contributed by atoms with Gasteiger partial charge in [-0.25, -0.2) is 9.59 Å². The Morgan fingerprint density at radius 1 is 0.967 bits per heavy atom. The van der Waals surface area contributed by atoms with Crippen LogP contribution < -0.4 is 16.8 Å². The summed E-state index contributed by atoms with van der Waals surface area (Å²) in [6.45, 7) is 3.93. The Bertz CT molecular complexity index is 693. The fraction of sp³-hybridized carbons (Fsp3) is 0.474. The molecule has 30 heavy (non-hydrogen) atoms. The predicted molar refractivity (Wildman–Crippen MR) is 106 cm³/mol. The first-order valence-corrected chi connectivity index (χ1v) is 9.07. The number of amides is 2. The molecule has 4 atom stereocenters. The summed E-state index contributed by atoms with van der Waals surface area (Å²) in [7, 11) is 0. The minimum Gasteiger partial charge on any atom is -0.479 e. The Morgan fingerprint density at radius 2 is 1.43 bits per heavy atom. The van der Waals surface area contributed by atoms with Crippen LogP contribution in [0, 0.1) is 5.92 Å². The van der Waals surface area contributed by atoms with Crippen molar-refractivity contribution in [1.29, 1.82) is 0 Å². The van der Waals surface area contributed by atoms with Crippen molar-refractivity contribution in [2.75, 3.05) is 0 Å². The van der Waals surface area contributed by atoms with E-state index in [1.165, 1.54) is 0 Å². The van der Waals surface area contributed by atoms with E-state index in [9.17, 15) is 19.2 Å². The second-order valence-electron chi connectivity index (χ2n) is 6.96. The molecular weight excluding hydrogens is 398 g/mol. The van der Waals surface area contributed by atoms with Gasteiger partial charge in [0.1, 0.15) is 6.04 Å². The average Bonchev–Trinajstić information content (AvgIpc) is 2.66. The standard InChI is InChI=1S/C15H23N3O2.C4H6O6/c1-10(2)8-13(14(17)19)18-15(20)12(16)9-11-6-4-3-5-7-11;5-1(3(7)8)2(6)4(9)10/h3-7,10,12-13H,8-9,16H2,1-2H3,(H2,17,19)(H,18,20);1-2,5-6H,(H,7,8)(H,9,10)/t12-,13-;1-,2-/m10/s1. The van der Waals surface area contributed by atoms with E-state index >= 15 is 0 Å². The second kappa shape index (κ2) is 13.2. The van der Waals surface area contributed by atoms with Gasteiger partial charge < -0.3 is 37.2 Å². The summed E-state index contributed by atoms with van der Waals surface area (Å²) in [5.41, 5.74) is 12.1. The third-order valence-corrected chi connectivity index (χ3v) is 3.81. The highest BCUT2D eigenvalue weighted by Gasteiger charge is 2.29. The van der Waals surface area contributed by atoms with Gasteiger partial charge in [-0.3, -0.25) is 9.59 Å². The summed E-state index contributed by atoms with van der Waals surface area (Å²) in [5, 5.41) is 35.2. The number of aliphatic carboxylic acids is 2. The highest BCUT2D eigenvalue weighted by molar-refractivity contribution is 5.89. The fourth-order valence-electron chi connectivity index (χ4n) is 2.23. The molecule has 0 aliphatic carbocycles. The number of benzene rings is 1. The minimum absolute atomic E-state index is 0.262. The first-order chi connectivity index (χ1) is 13.9. The van der Waals surface area contributed by atoms with Gasteiger partial charge >= 0.3 is 11.9 Å². The Morgan fingerprint density at radius 3 is 1.80 bits per heavy atom. The van der Waals surface area contributed by atoms with E-state index in [-0.39, 0.29) is 11.8 Å². The van der Waals surface area contributed by atoms with Gasteiger partial charge in [-0.1, -0.05) is 44.2 Å². The number of nitrogens with two attached hydrogens (primary N) is 2. The molecule has 9 N–H and O–H groups in total. The smallest absolute Gasteiger partial charge is 0.335 e. The molecule has 1 aromatic carbocycles. The Hall–Kier alpha value is -3.02. The zero-order valence-corrected chi connectivity index (χ0v) is 16.8. The lowest BCUT2D eigenvalue weighted by molar-refractivity contribution is -0.165. The Labute approximate surface area is 173 Å². The molecule has 0 bridgehead atoms. The van der Waals surface area contributed by atoms with Crippen molar-refractivity contribution < 1.29 is 39.6 Å². The monoisotopic (exact) mass is 427 g/mol. The van der Waals surface area contributed by atoms with Crippen molar-refractivity contribution >= 4 is 23.8 Å². The van der Waals surface area contributed by atoms with Crippen LogP contribution in [0.1, 0.15) is 25.8 Å². The van der Waals surface area contributed by atoms with Crippen LogP contribution in [-0.4, -0.2) is 68.5 Å². The predicted octanol–water partition coefficient (Wildman–Crippen LogP) is -1.55. The minimum atomic E-state index is -2.27. The number of carboxylic acid groups (broad SMARTS) is 2. The van der Waals surface area contributed by atoms with E-state index < -0.39 is 42.1 Å². The number of hydrogen-bond donors (Lipinski definition) is 7. The highest BCUT2D eigenvalue weighted by atomic mass is 16.4. The van der Waals surface area contributed by atoms with Crippen molar-refractivity contribution in [1.82, 2.24) is 5.32 Å². The summed E-state index contributed by atoms with van der Waals surface area (Å²) in [6, 6.07) is 8.16. The van der Waals surface area contributed by atoms with Gasteiger partial charge in [-0.05, 0) is 24.3 Å². The van der Waals surface area contributed by atoms with Gasteiger partial charge in [-0.15, -0.1) is 0 Å². The molecule has 0 fully saturated rings. The van der Waals surface area contributed by atoms with E-state index in [0.29, 0.717) is 12.8 Å². The number of primary amides is 1. The molecule has 0 saturated heterocycles. The van der Waals surface area contributed by atoms with Crippen LogP contribution in [0.4, 0.5) is 0 Å². The van der Waals surface area contributed by atoms with Crippen molar-refractivity contribution in [2.45, 2.75) is 51.0 Å². The van der Waals surface area contributed by atoms with E-state index in [1.54, 1.807) is 0 Å². The van der Waals surface area contributed by atoms with Crippen molar-refractivity contribution in [3.05, 3.63) is 35.9 Å². The average molecular weight is 427 g/mol. The van der Waals surface area contributed by atoms with Crippen LogP contribution in [0.3, 0.4) is 0 Å². The maximum absolute atomic E-state index is 12.0. The maximum atomic E-state index is 12.0. The van der Waals surface area contributed by atoms with Crippen LogP contribution in [0.5, 0.6) is 0 Å². The molecule has 0 aliphatic rings. The van der Waals surface area contributed by atoms with Gasteiger partial charge in [0.25, 0.3) is 0 Å². The van der Waals surface area contributed by atoms with E-state index in [4.69, 9.17) is 31.9 Å². The molecule has 0 saturated carbocycles. The first kappa shape index (κ1) is 27.0. The van der Waals surface area contributed by atoms with Crippen LogP contribution in [0.15, 0.2) is 30.3 Å². The summed E-state index contributed by atoms with van der Waals surface area (Å²) >= 11 is 0. The summed E-state index contributed by atoms with van der Waals surface area (Å²) in [4.78, 5) is 42.9. The van der Waals surface area contributed by atoms with Crippen molar-refractivity contribution in [2.24, 2.45) is 17.4 Å². The SMILES string of the molecule is CC(C)C[C@@H](NC(=O)[C@H](N)Cc1ccccc1)C(N)=O.O=C(O)[C@@H](O)[C@H](O)C(=O)O. The number of carbonyl (C=O) groups is 4. The van der Waals surface area contributed by atoms with Crippen LogP contribution in [-0.2, 0) is 25.6 Å². The molecule has 11 nitrogen and oxygen atoms in total. The van der Waals surface area contributed by atoms with Gasteiger partial charge in [0, 0.05) is 0 Å². The molecule has 0 aliphatic heterocycles. The van der Waals surface area contributed by atoms with Crippen molar-refractivity contribution in [3.63, 3.8) is 0 Å². The highest BCUT2D eigenvalue weighted by Crippen LogP contribution is 2.06. The molecule has 0 heterocycles. The van der Waals surface area contributed by atoms with E-state index in [0.717, 1.165) is 5.56 Å². The number of aliphatic hydroxyl groups is 2.